The summed E-state index contributed by atoms with van der Waals surface area (Å²) in [4.78, 5) is 32.6. The van der Waals surface area contributed by atoms with E-state index in [4.69, 9.17) is 9.15 Å². The van der Waals surface area contributed by atoms with Crippen molar-refractivity contribution < 1.29 is 18.7 Å². The van der Waals surface area contributed by atoms with Gasteiger partial charge in [0.2, 0.25) is 5.91 Å². The lowest BCUT2D eigenvalue weighted by Gasteiger charge is -2.31. The van der Waals surface area contributed by atoms with Crippen molar-refractivity contribution in [2.24, 2.45) is 0 Å². The van der Waals surface area contributed by atoms with E-state index in [1.54, 1.807) is 16.1 Å². The summed E-state index contributed by atoms with van der Waals surface area (Å²) in [5.74, 6) is 0.579. The third kappa shape index (κ3) is 8.45. The first kappa shape index (κ1) is 26.9. The molecule has 3 aromatic rings. The van der Waals surface area contributed by atoms with Crippen LogP contribution in [0.3, 0.4) is 0 Å². The Morgan fingerprint density at radius 1 is 0.919 bits per heavy atom. The molecule has 1 aromatic heterocycles. The number of nitrogens with zero attached hydrogens (tertiary/aromatic N) is 3. The van der Waals surface area contributed by atoms with Gasteiger partial charge >= 0.3 is 6.03 Å². The molecule has 0 spiro atoms. The van der Waals surface area contributed by atoms with Crippen LogP contribution in [-0.2, 0) is 22.5 Å². The maximum Gasteiger partial charge on any atom is 0.322 e. The summed E-state index contributed by atoms with van der Waals surface area (Å²) in [5, 5.41) is 2.95. The zero-order valence-electron chi connectivity index (χ0n) is 20.9. The number of ether oxygens (including phenoxy) is 1. The molecule has 1 saturated heterocycles. The molecule has 8 nitrogen and oxygen atoms in total. The van der Waals surface area contributed by atoms with Gasteiger partial charge in [0.1, 0.15) is 12.3 Å². The van der Waals surface area contributed by atoms with Crippen LogP contribution in [0.25, 0.3) is 0 Å². The molecule has 1 aliphatic heterocycles. The molecule has 37 heavy (non-hydrogen) atoms. The highest BCUT2D eigenvalue weighted by molar-refractivity contribution is 9.10. The molecule has 4 rings (SSSR count). The Morgan fingerprint density at radius 2 is 1.68 bits per heavy atom. The fourth-order valence-corrected chi connectivity index (χ4v) is 4.53. The Morgan fingerprint density at radius 3 is 2.41 bits per heavy atom. The Balaban J connectivity index is 1.46. The number of hydrogen-bond acceptors (Lipinski definition) is 5. The molecule has 9 heteroatoms. The average Bonchev–Trinajstić information content (AvgIpc) is 3.44. The summed E-state index contributed by atoms with van der Waals surface area (Å²) >= 11 is 3.48. The number of benzene rings is 2. The lowest BCUT2D eigenvalue weighted by molar-refractivity contribution is -0.132. The predicted octanol–water partition coefficient (Wildman–Crippen LogP) is 4.48. The Labute approximate surface area is 226 Å². The normalized spacial score (nSPS) is 13.8. The third-order valence-electron chi connectivity index (χ3n) is 6.31. The number of amides is 3. The van der Waals surface area contributed by atoms with Crippen LogP contribution in [0.15, 0.2) is 81.9 Å². The molecule has 196 valence electrons. The van der Waals surface area contributed by atoms with Crippen molar-refractivity contribution >= 4 is 33.6 Å². The second-order valence-corrected chi connectivity index (χ2v) is 9.77. The van der Waals surface area contributed by atoms with Crippen molar-refractivity contribution in [1.29, 1.82) is 0 Å². The predicted molar refractivity (Wildman–Crippen MR) is 146 cm³/mol. The van der Waals surface area contributed by atoms with Gasteiger partial charge in [-0.3, -0.25) is 9.69 Å². The van der Waals surface area contributed by atoms with Gasteiger partial charge in [0, 0.05) is 37.2 Å². The Kier molecular flexibility index (Phi) is 10.2. The van der Waals surface area contributed by atoms with Crippen LogP contribution in [0, 0.1) is 0 Å². The first-order valence-electron chi connectivity index (χ1n) is 12.5. The molecule has 0 saturated carbocycles. The minimum Gasteiger partial charge on any atom is -0.467 e. The highest BCUT2D eigenvalue weighted by Crippen LogP contribution is 2.21. The highest BCUT2D eigenvalue weighted by atomic mass is 79.9. The van der Waals surface area contributed by atoms with Crippen LogP contribution in [0.2, 0.25) is 0 Å². The zero-order valence-corrected chi connectivity index (χ0v) is 22.4. The maximum atomic E-state index is 13.6. The van der Waals surface area contributed by atoms with E-state index in [0.717, 1.165) is 23.1 Å². The van der Waals surface area contributed by atoms with Gasteiger partial charge in [0.15, 0.2) is 0 Å². The zero-order chi connectivity index (χ0) is 25.9. The number of hydrogen-bond donors (Lipinski definition) is 1. The molecule has 3 amide bonds. The van der Waals surface area contributed by atoms with Crippen LogP contribution in [0.4, 0.5) is 10.5 Å². The molecular formula is C28H33BrN4O4. The summed E-state index contributed by atoms with van der Waals surface area (Å²) in [6, 6.07) is 20.9. The molecular weight excluding hydrogens is 536 g/mol. The summed E-state index contributed by atoms with van der Waals surface area (Å²) in [7, 11) is 0. The fraction of sp³-hybridized carbons (Fsp3) is 0.357. The number of carbonyl (C=O) groups is 2. The van der Waals surface area contributed by atoms with Gasteiger partial charge in [-0.15, -0.1) is 0 Å². The summed E-state index contributed by atoms with van der Waals surface area (Å²) < 4.78 is 11.8. The van der Waals surface area contributed by atoms with Gasteiger partial charge in [-0.2, -0.15) is 0 Å². The number of morpholine rings is 1. The number of nitrogens with one attached hydrogen (secondary N) is 1. The van der Waals surface area contributed by atoms with Crippen molar-refractivity contribution in [3.8, 4) is 0 Å². The van der Waals surface area contributed by atoms with E-state index in [9.17, 15) is 9.59 Å². The van der Waals surface area contributed by atoms with Gasteiger partial charge in [-0.1, -0.05) is 42.5 Å². The van der Waals surface area contributed by atoms with E-state index in [-0.39, 0.29) is 18.5 Å². The van der Waals surface area contributed by atoms with Crippen LogP contribution >= 0.6 is 15.9 Å². The molecule has 2 aromatic carbocycles. The van der Waals surface area contributed by atoms with Crippen molar-refractivity contribution in [3.05, 3.63) is 88.8 Å². The molecule has 1 N–H and O–H groups in total. The van der Waals surface area contributed by atoms with Crippen LogP contribution < -0.4 is 5.32 Å². The molecule has 0 unspecified atom stereocenters. The van der Waals surface area contributed by atoms with Gasteiger partial charge < -0.3 is 24.3 Å². The molecule has 0 bridgehead atoms. The van der Waals surface area contributed by atoms with E-state index in [1.807, 2.05) is 54.6 Å². The minimum absolute atomic E-state index is 0.0316. The standard InChI is InChI=1S/C28H33BrN4O4/c29-25-10-4-5-11-26(25)30-28(35)33(15-14-31-16-19-36-20-17-31)22-27(34)32(21-24-9-6-18-37-24)13-12-23-7-2-1-3-8-23/h1-11,18H,12-17,19-22H2,(H,30,35). The minimum atomic E-state index is -0.311. The molecule has 0 aliphatic carbocycles. The molecule has 0 radical (unpaired) electrons. The van der Waals surface area contributed by atoms with Crippen LogP contribution in [-0.4, -0.2) is 79.1 Å². The van der Waals surface area contributed by atoms with Crippen molar-refractivity contribution in [2.45, 2.75) is 13.0 Å². The van der Waals surface area contributed by atoms with E-state index in [2.05, 4.69) is 38.3 Å². The topological polar surface area (TPSA) is 78.3 Å². The SMILES string of the molecule is O=C(CN(CCN1CCOCC1)C(=O)Nc1ccccc1Br)N(CCc1ccccc1)Cc1ccco1. The molecule has 2 heterocycles. The van der Waals surface area contributed by atoms with Crippen molar-refractivity contribution in [2.75, 3.05) is 57.8 Å². The van der Waals surface area contributed by atoms with Gasteiger partial charge in [-0.05, 0) is 52.2 Å². The number of urea groups is 1. The first-order chi connectivity index (χ1) is 18.1. The molecule has 0 atom stereocenters. The summed E-state index contributed by atoms with van der Waals surface area (Å²) in [5.41, 5.74) is 1.81. The number of rotatable bonds is 11. The van der Waals surface area contributed by atoms with Crippen LogP contribution in [0.1, 0.15) is 11.3 Å². The molecule has 1 aliphatic rings. The maximum absolute atomic E-state index is 13.6. The van der Waals surface area contributed by atoms with Gasteiger partial charge in [0.25, 0.3) is 0 Å². The second kappa shape index (κ2) is 14.0. The largest absolute Gasteiger partial charge is 0.467 e. The van der Waals surface area contributed by atoms with E-state index in [1.165, 1.54) is 0 Å². The summed E-state index contributed by atoms with van der Waals surface area (Å²) in [6.07, 6.45) is 2.32. The lowest BCUT2D eigenvalue weighted by atomic mass is 10.1. The fourth-order valence-electron chi connectivity index (χ4n) is 4.15. The van der Waals surface area contributed by atoms with Gasteiger partial charge in [0.05, 0.1) is 31.7 Å². The van der Waals surface area contributed by atoms with E-state index >= 15 is 0 Å². The lowest BCUT2D eigenvalue weighted by Crippen LogP contribution is -2.48. The van der Waals surface area contributed by atoms with Crippen molar-refractivity contribution in [3.63, 3.8) is 0 Å². The number of halogens is 1. The number of para-hydroxylation sites is 1. The van der Waals surface area contributed by atoms with Crippen molar-refractivity contribution in [1.82, 2.24) is 14.7 Å². The number of furan rings is 1. The smallest absolute Gasteiger partial charge is 0.322 e. The second-order valence-electron chi connectivity index (χ2n) is 8.92. The Hall–Kier alpha value is -3.14. The third-order valence-corrected chi connectivity index (χ3v) is 7.00. The van der Waals surface area contributed by atoms with E-state index in [0.29, 0.717) is 57.3 Å². The molecule has 1 fully saturated rings. The first-order valence-corrected chi connectivity index (χ1v) is 13.3. The monoisotopic (exact) mass is 568 g/mol. The van der Waals surface area contributed by atoms with Crippen LogP contribution in [0.5, 0.6) is 0 Å². The van der Waals surface area contributed by atoms with E-state index < -0.39 is 0 Å². The van der Waals surface area contributed by atoms with Gasteiger partial charge in [-0.25, -0.2) is 4.79 Å². The summed E-state index contributed by atoms with van der Waals surface area (Å²) in [6.45, 7) is 4.92. The average molecular weight is 570 g/mol. The number of anilines is 1. The quantitative estimate of drug-likeness (QED) is 0.369. The Bertz CT molecular complexity index is 1120. The highest BCUT2D eigenvalue weighted by Gasteiger charge is 2.24. The number of carbonyl (C=O) groups excluding carboxylic acids is 2.